The van der Waals surface area contributed by atoms with E-state index in [0.717, 1.165) is 0 Å². The molecule has 82 valence electrons. The molecule has 0 aromatic rings. The third-order valence-electron chi connectivity index (χ3n) is 0.514. The number of hydrogen-bond donors (Lipinski definition) is 6. The minimum atomic E-state index is -4.67. The first-order chi connectivity index (χ1) is 5.18. The number of thiol groups is 1. The second-order valence-electron chi connectivity index (χ2n) is 1.58. The number of hydrogen-bond acceptors (Lipinski definition) is 6. The topological polar surface area (TPSA) is 173 Å². The maximum absolute atomic E-state index is 9.76. The van der Waals surface area contributed by atoms with E-state index in [1.165, 1.54) is 0 Å². The third kappa shape index (κ3) is 34.1. The van der Waals surface area contributed by atoms with Gasteiger partial charge >= 0.3 is 16.4 Å². The van der Waals surface area contributed by atoms with Crippen LogP contribution >= 0.6 is 12.6 Å². The van der Waals surface area contributed by atoms with Crippen LogP contribution in [0.3, 0.4) is 0 Å². The first-order valence-corrected chi connectivity index (χ1v) is 4.50. The highest BCUT2D eigenvalue weighted by Gasteiger charge is 2.06. The van der Waals surface area contributed by atoms with Gasteiger partial charge in [0.2, 0.25) is 0 Å². The summed E-state index contributed by atoms with van der Waals surface area (Å²) in [6.45, 7) is 0. The van der Waals surface area contributed by atoms with Crippen molar-refractivity contribution in [1.82, 2.24) is 6.15 Å². The van der Waals surface area contributed by atoms with Gasteiger partial charge in [-0.1, -0.05) is 0 Å². The molecule has 0 heterocycles. The summed E-state index contributed by atoms with van der Waals surface area (Å²) in [5.74, 6) is -0.815. The van der Waals surface area contributed by atoms with Crippen LogP contribution in [-0.2, 0) is 15.2 Å². The van der Waals surface area contributed by atoms with Crippen LogP contribution in [0.4, 0.5) is 0 Å². The molecule has 0 fully saturated rings. The Labute approximate surface area is 80.7 Å². The van der Waals surface area contributed by atoms with Gasteiger partial charge in [0.25, 0.3) is 0 Å². The van der Waals surface area contributed by atoms with Gasteiger partial charge < -0.3 is 17.0 Å². The molecule has 0 aliphatic heterocycles. The van der Waals surface area contributed by atoms with Crippen molar-refractivity contribution in [3.8, 4) is 0 Å². The first kappa shape index (κ1) is 18.4. The third-order valence-corrected chi connectivity index (χ3v) is 0.907. The fraction of sp³-hybridized carbons (Fsp3) is 0.667. The van der Waals surface area contributed by atoms with Crippen molar-refractivity contribution in [2.24, 2.45) is 5.73 Å². The fourth-order valence-electron chi connectivity index (χ4n) is 0.0781. The Morgan fingerprint density at radius 1 is 1.46 bits per heavy atom. The van der Waals surface area contributed by atoms with E-state index >= 15 is 0 Å². The lowest BCUT2D eigenvalue weighted by Crippen LogP contribution is -2.31. The lowest BCUT2D eigenvalue weighted by atomic mass is 10.4. The molecule has 0 rings (SSSR count). The van der Waals surface area contributed by atoms with Gasteiger partial charge in [0.05, 0.1) is 0 Å². The van der Waals surface area contributed by atoms with E-state index in [2.05, 4.69) is 12.6 Å². The first-order valence-electron chi connectivity index (χ1n) is 2.47. The Hall–Kier alpha value is -0.390. The van der Waals surface area contributed by atoms with Gasteiger partial charge in [-0.05, 0) is 0 Å². The maximum atomic E-state index is 9.76. The zero-order chi connectivity index (χ0) is 10.4. The summed E-state index contributed by atoms with van der Waals surface area (Å²) in [6, 6.07) is -0.816. The van der Waals surface area contributed by atoms with Crippen LogP contribution in [0.2, 0.25) is 0 Å². The number of carboxylic acid groups (broad SMARTS) is 1. The van der Waals surface area contributed by atoms with Crippen molar-refractivity contribution in [3.05, 3.63) is 0 Å². The second-order valence-corrected chi connectivity index (χ2v) is 2.84. The minimum absolute atomic E-state index is 0. The maximum Gasteiger partial charge on any atom is 0.394 e. The second kappa shape index (κ2) is 8.22. The predicted molar refractivity (Wildman–Crippen MR) is 48.7 cm³/mol. The summed E-state index contributed by atoms with van der Waals surface area (Å²) >= 11 is 3.65. The van der Waals surface area contributed by atoms with Gasteiger partial charge in [-0.25, -0.2) is 0 Å². The Bertz CT molecular complexity index is 218. The summed E-state index contributed by atoms with van der Waals surface area (Å²) in [4.78, 5) is 9.76. The molecule has 0 radical (unpaired) electrons. The van der Waals surface area contributed by atoms with Gasteiger partial charge in [0, 0.05) is 5.75 Å². The average Bonchev–Trinajstić information content (AvgIpc) is 1.82. The molecule has 0 saturated carbocycles. The van der Waals surface area contributed by atoms with Crippen molar-refractivity contribution >= 4 is 29.0 Å². The van der Waals surface area contributed by atoms with Gasteiger partial charge in [0.1, 0.15) is 6.04 Å². The molecule has 0 aromatic carbocycles. The zero-order valence-electron chi connectivity index (χ0n) is 6.49. The monoisotopic (exact) mass is 236 g/mol. The van der Waals surface area contributed by atoms with Gasteiger partial charge in [-0.2, -0.15) is 21.0 Å². The van der Waals surface area contributed by atoms with Crippen LogP contribution in [0.25, 0.3) is 0 Å². The number of rotatable bonds is 2. The quantitative estimate of drug-likeness (QED) is 0.257. The van der Waals surface area contributed by atoms with Crippen LogP contribution in [0.15, 0.2) is 0 Å². The number of nitrogens with two attached hydrogens (primary N) is 1. The van der Waals surface area contributed by atoms with E-state index in [0.29, 0.717) is 0 Å². The zero-order valence-corrected chi connectivity index (χ0v) is 8.20. The molecule has 0 saturated heterocycles. The molecule has 1 unspecified atom stereocenters. The van der Waals surface area contributed by atoms with Crippen molar-refractivity contribution < 1.29 is 27.4 Å². The summed E-state index contributed by atoms with van der Waals surface area (Å²) in [5.41, 5.74) is 4.94. The van der Waals surface area contributed by atoms with Gasteiger partial charge in [-0.15, -0.1) is 0 Å². The normalized spacial score (nSPS) is 11.7. The SMILES string of the molecule is N.NC(CS)C(=O)O.O=S(=O)(O)O. The molecular weight excluding hydrogens is 224 g/mol. The Balaban J connectivity index is -0.000000150. The van der Waals surface area contributed by atoms with E-state index in [4.69, 9.17) is 28.4 Å². The number of aliphatic carboxylic acids is 1. The summed E-state index contributed by atoms with van der Waals surface area (Å²) in [6.07, 6.45) is 0. The summed E-state index contributed by atoms with van der Waals surface area (Å²) in [5, 5.41) is 8.01. The van der Waals surface area contributed by atoms with Gasteiger partial charge in [0.15, 0.2) is 0 Å². The Morgan fingerprint density at radius 3 is 1.69 bits per heavy atom. The molecule has 0 aliphatic rings. The average molecular weight is 236 g/mol. The van der Waals surface area contributed by atoms with Crippen molar-refractivity contribution in [1.29, 1.82) is 0 Å². The van der Waals surface area contributed by atoms with E-state index < -0.39 is 22.4 Å². The van der Waals surface area contributed by atoms with Crippen molar-refractivity contribution in [2.45, 2.75) is 6.04 Å². The molecule has 0 spiro atoms. The highest BCUT2D eigenvalue weighted by Crippen LogP contribution is 1.80. The van der Waals surface area contributed by atoms with E-state index in [1.54, 1.807) is 0 Å². The molecule has 10 heteroatoms. The van der Waals surface area contributed by atoms with Crippen LogP contribution < -0.4 is 11.9 Å². The highest BCUT2D eigenvalue weighted by atomic mass is 32.3. The summed E-state index contributed by atoms with van der Waals surface area (Å²) < 4.78 is 31.6. The lowest BCUT2D eigenvalue weighted by molar-refractivity contribution is -0.137. The molecule has 8 nitrogen and oxygen atoms in total. The number of carboxylic acids is 1. The van der Waals surface area contributed by atoms with Crippen molar-refractivity contribution in [2.75, 3.05) is 5.75 Å². The van der Waals surface area contributed by atoms with E-state index in [9.17, 15) is 4.79 Å². The molecular formula is C3H12N2O6S2. The minimum Gasteiger partial charge on any atom is -0.480 e. The van der Waals surface area contributed by atoms with Crippen LogP contribution in [0.1, 0.15) is 0 Å². The molecule has 0 bridgehead atoms. The van der Waals surface area contributed by atoms with E-state index in [1.807, 2.05) is 0 Å². The molecule has 13 heavy (non-hydrogen) atoms. The molecule has 0 aromatic heterocycles. The lowest BCUT2D eigenvalue weighted by Gasteiger charge is -1.96. The molecule has 0 amide bonds. The summed E-state index contributed by atoms with van der Waals surface area (Å²) in [7, 11) is -4.67. The van der Waals surface area contributed by atoms with Crippen LogP contribution in [-0.4, -0.2) is 40.4 Å². The fourth-order valence-corrected chi connectivity index (χ4v) is 0.234. The van der Waals surface area contributed by atoms with Crippen LogP contribution in [0.5, 0.6) is 0 Å². The Morgan fingerprint density at radius 2 is 1.69 bits per heavy atom. The number of carbonyl (C=O) groups is 1. The smallest absolute Gasteiger partial charge is 0.394 e. The molecule has 1 atom stereocenters. The largest absolute Gasteiger partial charge is 0.480 e. The van der Waals surface area contributed by atoms with Crippen LogP contribution in [0, 0.1) is 0 Å². The highest BCUT2D eigenvalue weighted by molar-refractivity contribution is 7.80. The van der Waals surface area contributed by atoms with Crippen molar-refractivity contribution in [3.63, 3.8) is 0 Å². The Kier molecular flexibility index (Phi) is 11.6. The molecule has 8 N–H and O–H groups in total. The standard InChI is InChI=1S/C3H7NO2S.H3N.H2O4S/c4-2(1-7)3(5)6;;1-5(2,3)4/h2,7H,1,4H2,(H,5,6);1H3;(H2,1,2,3,4). The van der Waals surface area contributed by atoms with Gasteiger partial charge in [-0.3, -0.25) is 13.9 Å². The predicted octanol–water partition coefficient (Wildman–Crippen LogP) is -1.16. The van der Waals surface area contributed by atoms with E-state index in [-0.39, 0.29) is 11.9 Å². The molecule has 0 aliphatic carbocycles.